The number of carbonyl (C=O) groups is 1. The molecule has 0 aliphatic rings. The van der Waals surface area contributed by atoms with Gasteiger partial charge in [-0.2, -0.15) is 4.98 Å². The number of carbonyl (C=O) groups excluding carboxylic acids is 1. The Balaban J connectivity index is 2.15. The molecular formula is C14H11N3O3. The molecule has 0 unspecified atom stereocenters. The van der Waals surface area contributed by atoms with E-state index in [4.69, 9.17) is 14.9 Å². The molecule has 100 valence electrons. The summed E-state index contributed by atoms with van der Waals surface area (Å²) in [5.74, 6) is 0.199. The van der Waals surface area contributed by atoms with E-state index in [0.717, 1.165) is 0 Å². The highest BCUT2D eigenvalue weighted by Crippen LogP contribution is 2.32. The molecule has 2 heterocycles. The monoisotopic (exact) mass is 269 g/mol. The van der Waals surface area contributed by atoms with E-state index in [-0.39, 0.29) is 0 Å². The predicted molar refractivity (Wildman–Crippen MR) is 73.0 cm³/mol. The number of nitrogen functional groups attached to an aromatic ring is 1. The fraction of sp³-hybridized carbons (Fsp3) is 0.0714. The van der Waals surface area contributed by atoms with Crippen LogP contribution >= 0.6 is 0 Å². The number of rotatable bonds is 2. The first-order valence-electron chi connectivity index (χ1n) is 5.93. The fourth-order valence-corrected chi connectivity index (χ4v) is 1.84. The second-order valence-electron chi connectivity index (χ2n) is 4.19. The van der Waals surface area contributed by atoms with Gasteiger partial charge in [0.1, 0.15) is 5.75 Å². The Morgan fingerprint density at radius 1 is 1.35 bits per heavy atom. The molecule has 0 spiro atoms. The second-order valence-corrected chi connectivity index (χ2v) is 4.19. The van der Waals surface area contributed by atoms with Crippen molar-refractivity contribution < 1.29 is 13.9 Å². The molecule has 0 atom stereocenters. The summed E-state index contributed by atoms with van der Waals surface area (Å²) in [5, 5.41) is 0. The summed E-state index contributed by atoms with van der Waals surface area (Å²) in [4.78, 5) is 19.5. The second kappa shape index (κ2) is 4.65. The van der Waals surface area contributed by atoms with E-state index in [0.29, 0.717) is 34.1 Å². The van der Waals surface area contributed by atoms with Crippen LogP contribution in [0.2, 0.25) is 0 Å². The van der Waals surface area contributed by atoms with E-state index < -0.39 is 5.97 Å². The molecule has 2 N–H and O–H groups in total. The summed E-state index contributed by atoms with van der Waals surface area (Å²) in [7, 11) is 0. The number of hydrogen-bond donors (Lipinski definition) is 1. The summed E-state index contributed by atoms with van der Waals surface area (Å²) in [6.07, 6.45) is 1.63. The van der Waals surface area contributed by atoms with Crippen molar-refractivity contribution in [2.24, 2.45) is 0 Å². The number of anilines is 1. The van der Waals surface area contributed by atoms with E-state index in [1.165, 1.54) is 6.92 Å². The van der Waals surface area contributed by atoms with Crippen molar-refractivity contribution in [2.45, 2.75) is 6.92 Å². The first-order chi connectivity index (χ1) is 9.63. The van der Waals surface area contributed by atoms with Crippen molar-refractivity contribution in [1.82, 2.24) is 9.97 Å². The molecule has 1 aromatic carbocycles. The summed E-state index contributed by atoms with van der Waals surface area (Å²) in [6, 6.07) is 8.46. The molecule has 0 radical (unpaired) electrons. The summed E-state index contributed by atoms with van der Waals surface area (Å²) in [6.45, 7) is 1.32. The van der Waals surface area contributed by atoms with E-state index in [2.05, 4.69) is 9.97 Å². The van der Waals surface area contributed by atoms with Gasteiger partial charge in [0, 0.05) is 24.9 Å². The average molecular weight is 269 g/mol. The Labute approximate surface area is 114 Å². The van der Waals surface area contributed by atoms with E-state index in [1.807, 2.05) is 0 Å². The van der Waals surface area contributed by atoms with Crippen LogP contribution in [0.3, 0.4) is 0 Å². The largest absolute Gasteiger partial charge is 0.434 e. The zero-order chi connectivity index (χ0) is 14.1. The van der Waals surface area contributed by atoms with E-state index >= 15 is 0 Å². The third-order valence-electron chi connectivity index (χ3n) is 2.65. The summed E-state index contributed by atoms with van der Waals surface area (Å²) < 4.78 is 10.7. The van der Waals surface area contributed by atoms with Crippen LogP contribution in [0.4, 0.5) is 5.69 Å². The molecule has 3 rings (SSSR count). The van der Waals surface area contributed by atoms with Crippen LogP contribution in [0.25, 0.3) is 22.7 Å². The van der Waals surface area contributed by atoms with Gasteiger partial charge < -0.3 is 14.9 Å². The lowest BCUT2D eigenvalue weighted by atomic mass is 10.2. The summed E-state index contributed by atoms with van der Waals surface area (Å²) in [5.41, 5.74) is 7.79. The topological polar surface area (TPSA) is 91.2 Å². The lowest BCUT2D eigenvalue weighted by Gasteiger charge is -2.06. The average Bonchev–Trinajstić information content (AvgIpc) is 2.81. The van der Waals surface area contributed by atoms with Crippen LogP contribution in [-0.2, 0) is 4.79 Å². The number of nitrogens with two attached hydrogens (primary N) is 1. The highest BCUT2D eigenvalue weighted by Gasteiger charge is 2.15. The third kappa shape index (κ3) is 2.18. The number of hydrogen-bond acceptors (Lipinski definition) is 6. The van der Waals surface area contributed by atoms with Crippen LogP contribution in [0.5, 0.6) is 5.75 Å². The van der Waals surface area contributed by atoms with Crippen LogP contribution in [0.15, 0.2) is 40.9 Å². The molecule has 20 heavy (non-hydrogen) atoms. The first-order valence-corrected chi connectivity index (χ1v) is 5.93. The lowest BCUT2D eigenvalue weighted by molar-refractivity contribution is -0.131. The molecule has 2 aromatic heterocycles. The molecule has 6 nitrogen and oxygen atoms in total. The van der Waals surface area contributed by atoms with Crippen LogP contribution in [-0.4, -0.2) is 15.9 Å². The van der Waals surface area contributed by atoms with E-state index in [9.17, 15) is 4.79 Å². The molecule has 0 bridgehead atoms. The number of esters is 1. The number of oxazole rings is 1. The maximum absolute atomic E-state index is 11.2. The Morgan fingerprint density at radius 3 is 2.95 bits per heavy atom. The van der Waals surface area contributed by atoms with E-state index in [1.54, 1.807) is 36.5 Å². The quantitative estimate of drug-likeness (QED) is 0.436. The van der Waals surface area contributed by atoms with Crippen LogP contribution < -0.4 is 10.5 Å². The molecule has 0 aliphatic heterocycles. The molecule has 0 saturated carbocycles. The van der Waals surface area contributed by atoms with Crippen molar-refractivity contribution in [3.05, 3.63) is 36.5 Å². The van der Waals surface area contributed by atoms with Crippen molar-refractivity contribution in [2.75, 3.05) is 5.73 Å². The highest BCUT2D eigenvalue weighted by molar-refractivity contribution is 5.78. The number of fused-ring (bicyclic) bond motifs is 1. The van der Waals surface area contributed by atoms with Crippen molar-refractivity contribution in [1.29, 1.82) is 0 Å². The number of benzene rings is 1. The van der Waals surface area contributed by atoms with Gasteiger partial charge in [-0.3, -0.25) is 4.79 Å². The highest BCUT2D eigenvalue weighted by atomic mass is 16.5. The molecule has 6 heteroatoms. The van der Waals surface area contributed by atoms with Crippen LogP contribution in [0, 0.1) is 0 Å². The molecule has 0 amide bonds. The normalized spacial score (nSPS) is 10.7. The predicted octanol–water partition coefficient (Wildman–Crippen LogP) is 2.40. The fourth-order valence-electron chi connectivity index (χ4n) is 1.84. The Hall–Kier alpha value is -2.89. The maximum atomic E-state index is 11.2. The Kier molecular flexibility index (Phi) is 2.83. The molecule has 3 aromatic rings. The third-order valence-corrected chi connectivity index (χ3v) is 2.65. The zero-order valence-electron chi connectivity index (χ0n) is 10.7. The molecule has 0 aliphatic carbocycles. The standard InChI is InChI=1S/C14H11N3O3/c1-8(18)19-12-7-9(15)4-5-10(12)14-17-13-11(20-14)3-2-6-16-13/h2-7H,15H2,1H3. The van der Waals surface area contributed by atoms with Gasteiger partial charge in [-0.25, -0.2) is 4.98 Å². The smallest absolute Gasteiger partial charge is 0.308 e. The van der Waals surface area contributed by atoms with Crippen molar-refractivity contribution in [3.8, 4) is 17.2 Å². The van der Waals surface area contributed by atoms with Crippen LogP contribution in [0.1, 0.15) is 6.92 Å². The Morgan fingerprint density at radius 2 is 2.20 bits per heavy atom. The lowest BCUT2D eigenvalue weighted by Crippen LogP contribution is -2.03. The van der Waals surface area contributed by atoms with Gasteiger partial charge in [-0.15, -0.1) is 0 Å². The van der Waals surface area contributed by atoms with Gasteiger partial charge >= 0.3 is 5.97 Å². The minimum Gasteiger partial charge on any atom is -0.434 e. The van der Waals surface area contributed by atoms with Gasteiger partial charge in [-0.05, 0) is 24.3 Å². The number of pyridine rings is 1. The summed E-state index contributed by atoms with van der Waals surface area (Å²) >= 11 is 0. The number of nitrogens with zero attached hydrogens (tertiary/aromatic N) is 2. The number of aromatic nitrogens is 2. The number of ether oxygens (including phenoxy) is 1. The SMILES string of the molecule is CC(=O)Oc1cc(N)ccc1-c1nc2ncccc2o1. The van der Waals surface area contributed by atoms with Gasteiger partial charge in [0.2, 0.25) is 5.89 Å². The Bertz CT molecular complexity index is 762. The minimum atomic E-state index is -0.439. The molecule has 0 saturated heterocycles. The minimum absolute atomic E-state index is 0.309. The van der Waals surface area contributed by atoms with Crippen molar-refractivity contribution in [3.63, 3.8) is 0 Å². The molecule has 0 fully saturated rings. The molecular weight excluding hydrogens is 258 g/mol. The van der Waals surface area contributed by atoms with Crippen molar-refractivity contribution >= 4 is 22.9 Å². The van der Waals surface area contributed by atoms with Gasteiger partial charge in [0.15, 0.2) is 11.2 Å². The van der Waals surface area contributed by atoms with Gasteiger partial charge in [0.25, 0.3) is 0 Å². The van der Waals surface area contributed by atoms with Gasteiger partial charge in [-0.1, -0.05) is 0 Å². The van der Waals surface area contributed by atoms with Gasteiger partial charge in [0.05, 0.1) is 5.56 Å². The zero-order valence-corrected chi connectivity index (χ0v) is 10.7. The first kappa shape index (κ1) is 12.2. The maximum Gasteiger partial charge on any atom is 0.308 e.